The van der Waals surface area contributed by atoms with Gasteiger partial charge in [0, 0.05) is 37.1 Å². The second kappa shape index (κ2) is 10.0. The number of amides is 2. The highest BCUT2D eigenvalue weighted by molar-refractivity contribution is 7.15. The Hall–Kier alpha value is -2.74. The van der Waals surface area contributed by atoms with E-state index in [0.29, 0.717) is 48.3 Å². The third kappa shape index (κ3) is 5.91. The molecule has 1 aliphatic heterocycles. The van der Waals surface area contributed by atoms with E-state index in [2.05, 4.69) is 10.3 Å². The van der Waals surface area contributed by atoms with Gasteiger partial charge >= 0.3 is 0 Å². The summed E-state index contributed by atoms with van der Waals surface area (Å²) in [6.07, 6.45) is 1.39. The van der Waals surface area contributed by atoms with Crippen LogP contribution in [0.5, 0.6) is 5.75 Å². The second-order valence-electron chi connectivity index (χ2n) is 8.23. The van der Waals surface area contributed by atoms with Gasteiger partial charge in [0.2, 0.25) is 11.8 Å². The number of nitrogens with one attached hydrogen (secondary N) is 1. The van der Waals surface area contributed by atoms with Crippen molar-refractivity contribution in [3.63, 3.8) is 0 Å². The van der Waals surface area contributed by atoms with Crippen molar-refractivity contribution in [2.24, 2.45) is 5.92 Å². The van der Waals surface area contributed by atoms with Gasteiger partial charge in [-0.1, -0.05) is 36.8 Å². The lowest BCUT2D eigenvalue weighted by Gasteiger charge is -2.26. The normalized spacial score (nSPS) is 13.1. The molecule has 8 heteroatoms. The molecule has 0 bridgehead atoms. The molecule has 3 rings (SSSR count). The summed E-state index contributed by atoms with van der Waals surface area (Å²) in [7, 11) is 1.52. The average molecular weight is 444 g/mol. The summed E-state index contributed by atoms with van der Waals surface area (Å²) in [5, 5.41) is 3.33. The molecular weight excluding hydrogens is 414 g/mol. The Bertz CT molecular complexity index is 983. The number of nitrogens with zero attached hydrogens (tertiary/aromatic N) is 2. The number of benzene rings is 1. The molecule has 0 saturated heterocycles. The molecule has 1 aromatic carbocycles. The van der Waals surface area contributed by atoms with E-state index >= 15 is 0 Å². The lowest BCUT2D eigenvalue weighted by molar-refractivity contribution is -0.132. The molecule has 166 valence electrons. The predicted molar refractivity (Wildman–Crippen MR) is 121 cm³/mol. The summed E-state index contributed by atoms with van der Waals surface area (Å²) in [4.78, 5) is 44.7. The van der Waals surface area contributed by atoms with Gasteiger partial charge in [0.15, 0.2) is 10.9 Å². The van der Waals surface area contributed by atoms with E-state index in [9.17, 15) is 14.4 Å². The zero-order valence-electron chi connectivity index (χ0n) is 18.5. The van der Waals surface area contributed by atoms with Gasteiger partial charge in [0.1, 0.15) is 5.75 Å². The van der Waals surface area contributed by atoms with Crippen LogP contribution in [-0.4, -0.2) is 41.1 Å². The molecule has 0 atom stereocenters. The summed E-state index contributed by atoms with van der Waals surface area (Å²) in [6.45, 7) is 7.17. The zero-order chi connectivity index (χ0) is 22.5. The number of fused-ring (bicyclic) bond motifs is 1. The van der Waals surface area contributed by atoms with E-state index in [1.165, 1.54) is 18.4 Å². The molecule has 0 fully saturated rings. The largest absolute Gasteiger partial charge is 0.496 e. The number of ketones is 1. The van der Waals surface area contributed by atoms with Gasteiger partial charge in [-0.3, -0.25) is 14.4 Å². The van der Waals surface area contributed by atoms with Crippen LogP contribution in [0.2, 0.25) is 0 Å². The quantitative estimate of drug-likeness (QED) is 0.623. The van der Waals surface area contributed by atoms with Crippen LogP contribution in [0.15, 0.2) is 18.2 Å². The Morgan fingerprint density at radius 2 is 2.03 bits per heavy atom. The molecule has 2 amide bonds. The number of carbonyl (C=O) groups is 3. The van der Waals surface area contributed by atoms with E-state index in [1.54, 1.807) is 12.1 Å². The third-order valence-electron chi connectivity index (χ3n) is 5.15. The molecular formula is C23H29N3O4S. The molecule has 0 radical (unpaired) electrons. The van der Waals surface area contributed by atoms with Gasteiger partial charge in [-0.25, -0.2) is 4.98 Å². The van der Waals surface area contributed by atoms with Crippen LogP contribution >= 0.6 is 11.3 Å². The molecule has 0 unspecified atom stereocenters. The first-order chi connectivity index (χ1) is 14.8. The van der Waals surface area contributed by atoms with Crippen molar-refractivity contribution in [1.29, 1.82) is 0 Å². The number of methoxy groups -OCH3 is 1. The maximum absolute atomic E-state index is 12.6. The first kappa shape index (κ1) is 22.9. The highest BCUT2D eigenvalue weighted by Crippen LogP contribution is 2.29. The molecule has 1 aliphatic rings. The maximum Gasteiger partial charge on any atom is 0.226 e. The first-order valence-corrected chi connectivity index (χ1v) is 11.3. The fourth-order valence-electron chi connectivity index (χ4n) is 3.52. The third-order valence-corrected chi connectivity index (χ3v) is 6.15. The Balaban J connectivity index is 1.55. The van der Waals surface area contributed by atoms with Gasteiger partial charge in [0.25, 0.3) is 0 Å². The van der Waals surface area contributed by atoms with Crippen molar-refractivity contribution in [3.05, 3.63) is 39.9 Å². The minimum atomic E-state index is -0.251. The number of Topliss-reactive ketones (excluding diaryl/α,β-unsaturated/α-hetero) is 1. The van der Waals surface area contributed by atoms with E-state index < -0.39 is 0 Å². The molecule has 0 saturated carbocycles. The topological polar surface area (TPSA) is 88.6 Å². The molecule has 2 heterocycles. The van der Waals surface area contributed by atoms with Crippen LogP contribution < -0.4 is 10.1 Å². The van der Waals surface area contributed by atoms with Crippen LogP contribution in [0.1, 0.15) is 59.6 Å². The molecule has 1 aromatic heterocycles. The molecule has 0 aliphatic carbocycles. The Labute approximate surface area is 186 Å². The maximum atomic E-state index is 12.6. The monoisotopic (exact) mass is 443 g/mol. The lowest BCUT2D eigenvalue weighted by atomic mass is 10.0. The molecule has 2 aromatic rings. The summed E-state index contributed by atoms with van der Waals surface area (Å²) >= 11 is 1.40. The average Bonchev–Trinajstić information content (AvgIpc) is 3.12. The van der Waals surface area contributed by atoms with E-state index in [0.717, 1.165) is 16.1 Å². The van der Waals surface area contributed by atoms with Crippen LogP contribution in [0.25, 0.3) is 0 Å². The summed E-state index contributed by atoms with van der Waals surface area (Å²) in [6, 6.07) is 5.42. The van der Waals surface area contributed by atoms with Crippen molar-refractivity contribution in [2.45, 2.75) is 53.0 Å². The highest BCUT2D eigenvalue weighted by Gasteiger charge is 2.25. The second-order valence-corrected chi connectivity index (χ2v) is 9.31. The number of rotatable bonds is 8. The first-order valence-electron chi connectivity index (χ1n) is 10.5. The number of hydrogen-bond donors (Lipinski definition) is 1. The standard InChI is InChI=1S/C23H29N3O4S/c1-14(2)11-22(29)26-10-9-17-20(13-26)31-23(24-17)25-21(28)8-6-18(27)16-12-15(3)5-7-19(16)30-4/h5,7,12,14H,6,8-11,13H2,1-4H3,(H,24,25,28). The number of ether oxygens (including phenoxy) is 1. The van der Waals surface area contributed by atoms with Gasteiger partial charge in [-0.2, -0.15) is 0 Å². The van der Waals surface area contributed by atoms with E-state index in [1.807, 2.05) is 31.7 Å². The van der Waals surface area contributed by atoms with Crippen LogP contribution in [0.4, 0.5) is 5.13 Å². The highest BCUT2D eigenvalue weighted by atomic mass is 32.1. The minimum absolute atomic E-state index is 0.0686. The number of hydrogen-bond acceptors (Lipinski definition) is 6. The molecule has 7 nitrogen and oxygen atoms in total. The van der Waals surface area contributed by atoms with Crippen molar-refractivity contribution in [2.75, 3.05) is 19.0 Å². The fourth-order valence-corrected chi connectivity index (χ4v) is 4.56. The fraction of sp³-hybridized carbons (Fsp3) is 0.478. The Morgan fingerprint density at radius 1 is 1.26 bits per heavy atom. The van der Waals surface area contributed by atoms with Gasteiger partial charge in [-0.05, 0) is 25.0 Å². The minimum Gasteiger partial charge on any atom is -0.496 e. The van der Waals surface area contributed by atoms with Crippen LogP contribution in [0.3, 0.4) is 0 Å². The predicted octanol–water partition coefficient (Wildman–Crippen LogP) is 3.99. The SMILES string of the molecule is COc1ccc(C)cc1C(=O)CCC(=O)Nc1nc2c(s1)CN(C(=O)CC(C)C)CC2. The number of aryl methyl sites for hydroxylation is 1. The summed E-state index contributed by atoms with van der Waals surface area (Å²) in [5.41, 5.74) is 2.39. The molecule has 31 heavy (non-hydrogen) atoms. The van der Waals surface area contributed by atoms with Gasteiger partial charge < -0.3 is 15.0 Å². The number of anilines is 1. The summed E-state index contributed by atoms with van der Waals surface area (Å²) < 4.78 is 5.26. The van der Waals surface area contributed by atoms with Crippen LogP contribution in [0, 0.1) is 12.8 Å². The lowest BCUT2D eigenvalue weighted by Crippen LogP contribution is -2.36. The molecule has 1 N–H and O–H groups in total. The van der Waals surface area contributed by atoms with Crippen molar-refractivity contribution < 1.29 is 19.1 Å². The van der Waals surface area contributed by atoms with Crippen LogP contribution in [-0.2, 0) is 22.6 Å². The van der Waals surface area contributed by atoms with E-state index in [4.69, 9.17) is 4.74 Å². The van der Waals surface area contributed by atoms with Crippen molar-refractivity contribution in [3.8, 4) is 5.75 Å². The van der Waals surface area contributed by atoms with Gasteiger partial charge in [-0.15, -0.1) is 0 Å². The Kier molecular flexibility index (Phi) is 7.43. The smallest absolute Gasteiger partial charge is 0.226 e. The zero-order valence-corrected chi connectivity index (χ0v) is 19.3. The van der Waals surface area contributed by atoms with Crippen molar-refractivity contribution >= 4 is 34.1 Å². The number of thiazole rings is 1. The Morgan fingerprint density at radius 3 is 2.74 bits per heavy atom. The molecule has 0 spiro atoms. The van der Waals surface area contributed by atoms with Crippen molar-refractivity contribution in [1.82, 2.24) is 9.88 Å². The number of carbonyl (C=O) groups excluding carboxylic acids is 3. The summed E-state index contributed by atoms with van der Waals surface area (Å²) in [5.74, 6) is 0.616. The number of aromatic nitrogens is 1. The van der Waals surface area contributed by atoms with Gasteiger partial charge in [0.05, 0.1) is 24.9 Å². The van der Waals surface area contributed by atoms with E-state index in [-0.39, 0.29) is 30.4 Å².